The van der Waals surface area contributed by atoms with Crippen LogP contribution in [0.4, 0.5) is 5.69 Å². The average Bonchev–Trinajstić information content (AvgIpc) is 2.19. The van der Waals surface area contributed by atoms with E-state index >= 15 is 0 Å². The lowest BCUT2D eigenvalue weighted by Gasteiger charge is -2.08. The molecule has 1 aromatic carbocycles. The minimum atomic E-state index is 0.610. The molecule has 0 aliphatic rings. The van der Waals surface area contributed by atoms with E-state index in [1.807, 2.05) is 13.0 Å². The Hall–Kier alpha value is -1.69. The van der Waals surface area contributed by atoms with Crippen molar-refractivity contribution < 1.29 is 4.74 Å². The molecule has 0 atom stereocenters. The summed E-state index contributed by atoms with van der Waals surface area (Å²) < 4.78 is 5.13. The molecule has 3 nitrogen and oxygen atoms in total. The van der Waals surface area contributed by atoms with Crippen LogP contribution >= 0.6 is 0 Å². The molecule has 0 aromatic heterocycles. The molecule has 0 aliphatic heterocycles. The van der Waals surface area contributed by atoms with Gasteiger partial charge in [0, 0.05) is 12.6 Å². The third-order valence-corrected chi connectivity index (χ3v) is 1.70. The number of nitriles is 1. The van der Waals surface area contributed by atoms with Crippen LogP contribution in [0.15, 0.2) is 18.2 Å². The Morgan fingerprint density at radius 2 is 2.31 bits per heavy atom. The first-order chi connectivity index (χ1) is 6.31. The van der Waals surface area contributed by atoms with Gasteiger partial charge in [-0.05, 0) is 19.1 Å². The number of benzene rings is 1. The minimum absolute atomic E-state index is 0.610. The highest BCUT2D eigenvalue weighted by Crippen LogP contribution is 2.24. The summed E-state index contributed by atoms with van der Waals surface area (Å²) in [6.07, 6.45) is 0. The second kappa shape index (κ2) is 4.36. The Morgan fingerprint density at radius 1 is 1.54 bits per heavy atom. The van der Waals surface area contributed by atoms with E-state index in [0.717, 1.165) is 12.2 Å². The number of nitrogens with zero attached hydrogens (tertiary/aromatic N) is 1. The Bertz CT molecular complexity index is 328. The summed E-state index contributed by atoms with van der Waals surface area (Å²) in [7, 11) is 1.59. The Kier molecular flexibility index (Phi) is 3.15. The van der Waals surface area contributed by atoms with Crippen molar-refractivity contribution in [3.63, 3.8) is 0 Å². The van der Waals surface area contributed by atoms with E-state index in [2.05, 4.69) is 11.4 Å². The zero-order valence-electron chi connectivity index (χ0n) is 7.79. The fourth-order valence-electron chi connectivity index (χ4n) is 1.10. The first kappa shape index (κ1) is 9.40. The molecule has 0 aliphatic carbocycles. The van der Waals surface area contributed by atoms with E-state index < -0.39 is 0 Å². The third-order valence-electron chi connectivity index (χ3n) is 1.70. The number of methoxy groups -OCH3 is 1. The molecular formula is C10H12N2O. The summed E-state index contributed by atoms with van der Waals surface area (Å²) in [5.41, 5.74) is 1.53. The van der Waals surface area contributed by atoms with Crippen LogP contribution in [0.2, 0.25) is 0 Å². The quantitative estimate of drug-likeness (QED) is 0.766. The van der Waals surface area contributed by atoms with Crippen LogP contribution in [-0.2, 0) is 0 Å². The molecule has 0 fully saturated rings. The zero-order chi connectivity index (χ0) is 9.68. The van der Waals surface area contributed by atoms with Gasteiger partial charge in [-0.25, -0.2) is 0 Å². The van der Waals surface area contributed by atoms with Crippen molar-refractivity contribution in [1.29, 1.82) is 5.26 Å². The molecule has 0 unspecified atom stereocenters. The van der Waals surface area contributed by atoms with Gasteiger partial charge in [-0.15, -0.1) is 0 Å². The van der Waals surface area contributed by atoms with Crippen molar-refractivity contribution in [2.24, 2.45) is 0 Å². The number of anilines is 1. The summed E-state index contributed by atoms with van der Waals surface area (Å²) in [5.74, 6) is 0.709. The summed E-state index contributed by atoms with van der Waals surface area (Å²) in [4.78, 5) is 0. The van der Waals surface area contributed by atoms with Gasteiger partial charge in [0.05, 0.1) is 24.4 Å². The fourth-order valence-corrected chi connectivity index (χ4v) is 1.10. The number of nitrogens with one attached hydrogen (secondary N) is 1. The topological polar surface area (TPSA) is 45.0 Å². The van der Waals surface area contributed by atoms with Crippen LogP contribution in [0.3, 0.4) is 0 Å². The Labute approximate surface area is 77.9 Å². The van der Waals surface area contributed by atoms with Crippen molar-refractivity contribution in [1.82, 2.24) is 0 Å². The third kappa shape index (κ3) is 2.12. The van der Waals surface area contributed by atoms with E-state index in [9.17, 15) is 0 Å². The molecule has 1 N–H and O–H groups in total. The molecule has 13 heavy (non-hydrogen) atoms. The highest BCUT2D eigenvalue weighted by atomic mass is 16.5. The van der Waals surface area contributed by atoms with Crippen LogP contribution in [0, 0.1) is 11.3 Å². The summed E-state index contributed by atoms with van der Waals surface area (Å²) in [5, 5.41) is 11.8. The van der Waals surface area contributed by atoms with Crippen molar-refractivity contribution in [2.45, 2.75) is 6.92 Å². The minimum Gasteiger partial charge on any atom is -0.495 e. The molecule has 68 valence electrons. The SMILES string of the molecule is CCNc1ccc(C#N)cc1OC. The van der Waals surface area contributed by atoms with Gasteiger partial charge in [-0.1, -0.05) is 0 Å². The fraction of sp³-hybridized carbons (Fsp3) is 0.300. The maximum Gasteiger partial charge on any atom is 0.143 e. The number of hydrogen-bond donors (Lipinski definition) is 1. The van der Waals surface area contributed by atoms with E-state index in [1.165, 1.54) is 0 Å². The molecule has 0 bridgehead atoms. The van der Waals surface area contributed by atoms with E-state index in [1.54, 1.807) is 19.2 Å². The monoisotopic (exact) mass is 176 g/mol. The van der Waals surface area contributed by atoms with Gasteiger partial charge < -0.3 is 10.1 Å². The highest BCUT2D eigenvalue weighted by molar-refractivity contribution is 5.59. The smallest absolute Gasteiger partial charge is 0.143 e. The number of hydrogen-bond acceptors (Lipinski definition) is 3. The molecular weight excluding hydrogens is 164 g/mol. The summed E-state index contributed by atoms with van der Waals surface area (Å²) >= 11 is 0. The van der Waals surface area contributed by atoms with Crippen molar-refractivity contribution in [3.8, 4) is 11.8 Å². The Balaban J connectivity index is 3.02. The van der Waals surface area contributed by atoms with Gasteiger partial charge in [-0.3, -0.25) is 0 Å². The molecule has 0 spiro atoms. The van der Waals surface area contributed by atoms with Gasteiger partial charge >= 0.3 is 0 Å². The van der Waals surface area contributed by atoms with Gasteiger partial charge in [0.2, 0.25) is 0 Å². The van der Waals surface area contributed by atoms with Crippen molar-refractivity contribution >= 4 is 5.69 Å². The molecule has 0 amide bonds. The summed E-state index contributed by atoms with van der Waals surface area (Å²) in [6.45, 7) is 2.85. The first-order valence-corrected chi connectivity index (χ1v) is 4.13. The summed E-state index contributed by atoms with van der Waals surface area (Å²) in [6, 6.07) is 7.40. The number of ether oxygens (including phenoxy) is 1. The van der Waals surface area contributed by atoms with Crippen molar-refractivity contribution in [2.75, 3.05) is 19.0 Å². The predicted octanol–water partition coefficient (Wildman–Crippen LogP) is 2.00. The van der Waals surface area contributed by atoms with E-state index in [4.69, 9.17) is 10.00 Å². The van der Waals surface area contributed by atoms with Crippen molar-refractivity contribution in [3.05, 3.63) is 23.8 Å². The molecule has 1 rings (SSSR count). The lowest BCUT2D eigenvalue weighted by molar-refractivity contribution is 0.416. The lowest BCUT2D eigenvalue weighted by Crippen LogP contribution is -1.99. The van der Waals surface area contributed by atoms with Crippen LogP contribution in [-0.4, -0.2) is 13.7 Å². The van der Waals surface area contributed by atoms with E-state index in [0.29, 0.717) is 11.3 Å². The van der Waals surface area contributed by atoms with Crippen LogP contribution in [0.5, 0.6) is 5.75 Å². The second-order valence-corrected chi connectivity index (χ2v) is 2.56. The Morgan fingerprint density at radius 3 is 2.85 bits per heavy atom. The van der Waals surface area contributed by atoms with Gasteiger partial charge in [-0.2, -0.15) is 5.26 Å². The normalized spacial score (nSPS) is 9.00. The molecule has 0 saturated carbocycles. The van der Waals surface area contributed by atoms with Crippen LogP contribution in [0.25, 0.3) is 0 Å². The van der Waals surface area contributed by atoms with Gasteiger partial charge in [0.15, 0.2) is 0 Å². The van der Waals surface area contributed by atoms with Crippen LogP contribution in [0.1, 0.15) is 12.5 Å². The molecule has 1 aromatic rings. The average molecular weight is 176 g/mol. The van der Waals surface area contributed by atoms with Gasteiger partial charge in [0.1, 0.15) is 5.75 Å². The molecule has 0 saturated heterocycles. The molecule has 0 radical (unpaired) electrons. The first-order valence-electron chi connectivity index (χ1n) is 4.13. The van der Waals surface area contributed by atoms with Gasteiger partial charge in [0.25, 0.3) is 0 Å². The standard InChI is InChI=1S/C10H12N2O/c1-3-12-9-5-4-8(7-11)6-10(9)13-2/h4-6,12H,3H2,1-2H3. The molecule has 0 heterocycles. The van der Waals surface area contributed by atoms with Crippen LogP contribution < -0.4 is 10.1 Å². The number of rotatable bonds is 3. The largest absolute Gasteiger partial charge is 0.495 e. The predicted molar refractivity (Wildman–Crippen MR) is 51.9 cm³/mol. The van der Waals surface area contributed by atoms with E-state index in [-0.39, 0.29) is 0 Å². The maximum atomic E-state index is 8.65. The lowest BCUT2D eigenvalue weighted by atomic mass is 10.2. The maximum absolute atomic E-state index is 8.65. The molecule has 3 heteroatoms. The zero-order valence-corrected chi connectivity index (χ0v) is 7.79. The second-order valence-electron chi connectivity index (χ2n) is 2.56. The highest BCUT2D eigenvalue weighted by Gasteiger charge is 2.01.